The lowest BCUT2D eigenvalue weighted by molar-refractivity contribution is -0.101. The van der Waals surface area contributed by atoms with E-state index in [0.717, 1.165) is 0 Å². The molecule has 0 saturated carbocycles. The Balaban J connectivity index is 1.45. The summed E-state index contributed by atoms with van der Waals surface area (Å²) < 4.78 is 24.5. The van der Waals surface area contributed by atoms with E-state index in [0.29, 0.717) is 25.4 Å². The van der Waals surface area contributed by atoms with Gasteiger partial charge in [-0.2, -0.15) is 0 Å². The molecule has 1 aliphatic heterocycles. The van der Waals surface area contributed by atoms with E-state index in [4.69, 9.17) is 18.6 Å². The predicted molar refractivity (Wildman–Crippen MR) is 136 cm³/mol. The van der Waals surface area contributed by atoms with Crippen LogP contribution < -0.4 is 15.1 Å². The van der Waals surface area contributed by atoms with E-state index in [1.54, 1.807) is 0 Å². The summed E-state index contributed by atoms with van der Waals surface area (Å²) in [6.45, 7) is 7.45. The molecule has 3 atom stereocenters. The van der Waals surface area contributed by atoms with Crippen molar-refractivity contribution < 1.29 is 23.7 Å². The van der Waals surface area contributed by atoms with Crippen molar-refractivity contribution in [3.8, 4) is 5.75 Å². The Bertz CT molecular complexity index is 968. The number of hydrogen-bond donors (Lipinski definition) is 1. The lowest BCUT2D eigenvalue weighted by atomic mass is 10.2. The van der Waals surface area contributed by atoms with Crippen molar-refractivity contribution in [2.75, 3.05) is 13.2 Å². The molecule has 1 aliphatic rings. The summed E-state index contributed by atoms with van der Waals surface area (Å²) in [5.74, 6) is 0.625. The topological polar surface area (TPSA) is 57.2 Å². The highest BCUT2D eigenvalue weighted by Gasteiger charge is 2.50. The fraction of sp³-hybridized carbons (Fsp3) is 0.357. The first-order chi connectivity index (χ1) is 16.4. The van der Waals surface area contributed by atoms with Gasteiger partial charge in [0, 0.05) is 6.42 Å². The van der Waals surface area contributed by atoms with Gasteiger partial charge < -0.3 is 23.7 Å². The maximum atomic E-state index is 10.3. The lowest BCUT2D eigenvalue weighted by Gasteiger charge is -2.43. The zero-order chi connectivity index (χ0) is 24.0. The quantitative estimate of drug-likeness (QED) is 0.371. The molecule has 0 aliphatic carbocycles. The van der Waals surface area contributed by atoms with E-state index in [1.165, 1.54) is 10.4 Å². The minimum absolute atomic E-state index is 0.118. The Hall–Kier alpha value is -2.48. The summed E-state index contributed by atoms with van der Waals surface area (Å²) >= 11 is 0. The molecule has 0 spiro atoms. The maximum absolute atomic E-state index is 10.3. The van der Waals surface area contributed by atoms with Crippen molar-refractivity contribution in [2.45, 2.75) is 50.9 Å². The van der Waals surface area contributed by atoms with E-state index < -0.39 is 20.9 Å². The van der Waals surface area contributed by atoms with Gasteiger partial charge in [0.15, 0.2) is 12.6 Å². The van der Waals surface area contributed by atoms with Crippen LogP contribution in [0, 0.1) is 0 Å². The monoisotopic (exact) mass is 478 g/mol. The number of aliphatic hydroxyl groups is 1. The molecule has 0 amide bonds. The van der Waals surface area contributed by atoms with Gasteiger partial charge >= 0.3 is 0 Å². The fourth-order valence-corrected chi connectivity index (χ4v) is 9.14. The average Bonchev–Trinajstić information content (AvgIpc) is 3.27. The minimum Gasteiger partial charge on any atom is -0.465 e. The van der Waals surface area contributed by atoms with Crippen molar-refractivity contribution in [3.63, 3.8) is 0 Å². The van der Waals surface area contributed by atoms with Gasteiger partial charge in [0.2, 0.25) is 0 Å². The third-order valence-corrected chi connectivity index (χ3v) is 11.1. The molecule has 3 aromatic rings. The molecule has 1 saturated heterocycles. The summed E-state index contributed by atoms with van der Waals surface area (Å²) in [7, 11) is -2.66. The van der Waals surface area contributed by atoms with Crippen molar-refractivity contribution in [1.29, 1.82) is 0 Å². The Morgan fingerprint density at radius 3 is 1.94 bits per heavy atom. The number of para-hydroxylation sites is 1. The van der Waals surface area contributed by atoms with Gasteiger partial charge in [0.05, 0.1) is 19.3 Å². The van der Waals surface area contributed by atoms with Crippen LogP contribution in [0.4, 0.5) is 0 Å². The van der Waals surface area contributed by atoms with E-state index >= 15 is 0 Å². The van der Waals surface area contributed by atoms with Crippen LogP contribution >= 0.6 is 0 Å². The van der Waals surface area contributed by atoms with Gasteiger partial charge in [-0.25, -0.2) is 0 Å². The van der Waals surface area contributed by atoms with Crippen LogP contribution in [0.25, 0.3) is 0 Å². The smallest absolute Gasteiger partial charge is 0.261 e. The van der Waals surface area contributed by atoms with E-state index in [2.05, 4.69) is 69.3 Å². The molecule has 5 nitrogen and oxygen atoms in total. The number of rotatable bonds is 9. The van der Waals surface area contributed by atoms with Crippen LogP contribution in [0.15, 0.2) is 91.0 Å². The standard InChI is InChI=1S/C28H34O5Si/c1-28(2,3)34(24-15-9-5-10-16-24,25-17-11-6-12-18-25)31-21-27-30-20-23(33-27)19-26(29)32-22-13-7-4-8-14-22/h4-18,23,26-27,29H,19-21H2,1-3H3/t23-,26?,27-/m1/s1. The van der Waals surface area contributed by atoms with Crippen molar-refractivity contribution in [1.82, 2.24) is 0 Å². The molecule has 34 heavy (non-hydrogen) atoms. The summed E-state index contributed by atoms with van der Waals surface area (Å²) in [4.78, 5) is 0. The number of benzene rings is 3. The van der Waals surface area contributed by atoms with Crippen LogP contribution in [-0.4, -0.2) is 45.3 Å². The van der Waals surface area contributed by atoms with Gasteiger partial charge in [-0.3, -0.25) is 0 Å². The van der Waals surface area contributed by atoms with Gasteiger partial charge in [-0.05, 0) is 27.5 Å². The molecule has 180 valence electrons. The van der Waals surface area contributed by atoms with E-state index in [-0.39, 0.29) is 11.1 Å². The summed E-state index contributed by atoms with van der Waals surface area (Å²) in [5.41, 5.74) is 0. The van der Waals surface area contributed by atoms with Gasteiger partial charge in [-0.1, -0.05) is 99.6 Å². The molecule has 1 heterocycles. The summed E-state index contributed by atoms with van der Waals surface area (Å²) in [6, 6.07) is 30.3. The Morgan fingerprint density at radius 1 is 0.882 bits per heavy atom. The zero-order valence-corrected chi connectivity index (χ0v) is 21.1. The zero-order valence-electron chi connectivity index (χ0n) is 20.1. The number of ether oxygens (including phenoxy) is 3. The minimum atomic E-state index is -2.66. The molecule has 1 unspecified atom stereocenters. The van der Waals surface area contributed by atoms with E-state index in [9.17, 15) is 5.11 Å². The van der Waals surface area contributed by atoms with Crippen molar-refractivity contribution >= 4 is 18.7 Å². The second-order valence-corrected chi connectivity index (χ2v) is 13.9. The fourth-order valence-electron chi connectivity index (χ4n) is 4.60. The SMILES string of the molecule is CC(C)(C)[Si](OC[C@@H]1OC[C@@H](CC(O)Oc2ccccc2)O1)(c1ccccc1)c1ccccc1. The highest BCUT2D eigenvalue weighted by Crippen LogP contribution is 2.37. The first kappa shape index (κ1) is 24.6. The second-order valence-electron chi connectivity index (χ2n) is 9.62. The third kappa shape index (κ3) is 5.59. The molecular weight excluding hydrogens is 444 g/mol. The van der Waals surface area contributed by atoms with Crippen molar-refractivity contribution in [2.24, 2.45) is 0 Å². The van der Waals surface area contributed by atoms with Crippen LogP contribution in [0.2, 0.25) is 5.04 Å². The van der Waals surface area contributed by atoms with Crippen molar-refractivity contribution in [3.05, 3.63) is 91.0 Å². The van der Waals surface area contributed by atoms with E-state index in [1.807, 2.05) is 42.5 Å². The highest BCUT2D eigenvalue weighted by molar-refractivity contribution is 6.99. The van der Waals surface area contributed by atoms with Crippen LogP contribution in [0.1, 0.15) is 27.2 Å². The third-order valence-electron chi connectivity index (χ3n) is 6.14. The molecular formula is C28H34O5Si. The molecule has 4 rings (SSSR count). The van der Waals surface area contributed by atoms with Gasteiger partial charge in [0.1, 0.15) is 5.75 Å². The van der Waals surface area contributed by atoms with Crippen LogP contribution in [0.3, 0.4) is 0 Å². The van der Waals surface area contributed by atoms with Crippen LogP contribution in [-0.2, 0) is 13.9 Å². The number of hydrogen-bond acceptors (Lipinski definition) is 5. The molecule has 0 radical (unpaired) electrons. The Morgan fingerprint density at radius 2 is 1.41 bits per heavy atom. The number of aliphatic hydroxyl groups excluding tert-OH is 1. The summed E-state index contributed by atoms with van der Waals surface area (Å²) in [5, 5.41) is 12.6. The molecule has 6 heteroatoms. The van der Waals surface area contributed by atoms with Gasteiger partial charge in [-0.15, -0.1) is 0 Å². The van der Waals surface area contributed by atoms with Gasteiger partial charge in [0.25, 0.3) is 8.32 Å². The lowest BCUT2D eigenvalue weighted by Crippen LogP contribution is -2.67. The highest BCUT2D eigenvalue weighted by atomic mass is 28.4. The van der Waals surface area contributed by atoms with Crippen LogP contribution in [0.5, 0.6) is 5.75 Å². The average molecular weight is 479 g/mol. The normalized spacial score (nSPS) is 19.6. The first-order valence-electron chi connectivity index (χ1n) is 11.8. The largest absolute Gasteiger partial charge is 0.465 e. The second kappa shape index (κ2) is 10.8. The first-order valence-corrected chi connectivity index (χ1v) is 13.7. The molecule has 1 N–H and O–H groups in total. The Kier molecular flexibility index (Phi) is 7.86. The Labute approximate surface area is 203 Å². The molecule has 0 aromatic heterocycles. The molecule has 0 bridgehead atoms. The molecule has 3 aromatic carbocycles. The molecule has 1 fully saturated rings. The predicted octanol–water partition coefficient (Wildman–Crippen LogP) is 4.09. The summed E-state index contributed by atoms with van der Waals surface area (Å²) in [6.07, 6.45) is -1.39. The maximum Gasteiger partial charge on any atom is 0.261 e.